The highest BCUT2D eigenvalue weighted by molar-refractivity contribution is 8.55. The number of rotatable bonds is 25. The van der Waals surface area contributed by atoms with Crippen LogP contribution in [0.3, 0.4) is 0 Å². The Morgan fingerprint density at radius 2 is 1.56 bits per heavy atom. The summed E-state index contributed by atoms with van der Waals surface area (Å²) < 4.78 is 65.6. The SMILES string of the molecule is Nc1nc2c(ncn2C2CC3=NP(O)(=S)OCC4OC(n5cnc6c(N)ncnc65)CC4NP(=O)(SCc4ccc(OC(=O)c5ccc(OCCNC6=C([NH3+])c7ccccc7N(C(=O)CCCCC(=O)NCCCCCCOP=S)Cc7ccccc76)cc5)cc4)OCC3O2)c(=O)[nH]1. The minimum atomic E-state index is -3.98. The number of para-hydroxylation sites is 1. The quantitative estimate of drug-likeness (QED) is 0.0117. The number of nitrogen functional groups attached to an aromatic ring is 2. The van der Waals surface area contributed by atoms with Crippen molar-refractivity contribution in [2.24, 2.45) is 4.76 Å². The maximum Gasteiger partial charge on any atom is 0.343 e. The topological polar surface area (TPSA) is 392 Å². The van der Waals surface area contributed by atoms with E-state index in [2.05, 4.69) is 56.1 Å². The molecule has 0 radical (unpaired) electrons. The highest BCUT2D eigenvalue weighted by Crippen LogP contribution is 2.60. The molecule has 4 aliphatic rings. The van der Waals surface area contributed by atoms with Crippen LogP contribution in [-0.4, -0.2) is 125 Å². The maximum absolute atomic E-state index is 15.4. The van der Waals surface area contributed by atoms with E-state index in [1.165, 1.54) is 23.5 Å². The number of carbonyl (C=O) groups is 3. The van der Waals surface area contributed by atoms with Gasteiger partial charge in [0.1, 0.15) is 61.8 Å². The molecule has 0 bridgehead atoms. The Bertz CT molecular complexity index is 4470. The molecule has 0 aliphatic carbocycles. The van der Waals surface area contributed by atoms with Crippen molar-refractivity contribution in [3.05, 3.63) is 154 Å². The minimum Gasteiger partial charge on any atom is -0.492 e. The summed E-state index contributed by atoms with van der Waals surface area (Å²) >= 11 is 11.4. The smallest absolute Gasteiger partial charge is 0.343 e. The molecule has 0 saturated carbocycles. The number of imidazole rings is 2. The zero-order valence-corrected chi connectivity index (χ0v) is 58.0. The molecule has 12 N–H and O–H groups in total. The summed E-state index contributed by atoms with van der Waals surface area (Å²) in [5.74, 6) is 0.361. The molecule has 2 saturated heterocycles. The van der Waals surface area contributed by atoms with Crippen LogP contribution in [0.15, 0.2) is 126 Å². The molecule has 12 rings (SSSR count). The standard InChI is InChI=1S/C63H71N16O13P3S3/c64-54-44-13-5-6-14-47(44)77(51(81)16-8-7-15-50(80)67-25-9-1-2-10-27-87-93-96)31-40-11-3-4-12-43(40)55(54)68-26-28-86-41-23-19-39(20-24-41)62(83)90-42-21-17-38(18-22-42)34-98-95(85)76-46-30-52(78-36-71-56-58(65)69-35-70-59(56)78)91-48(46)32-88-94(84,97)75-45-29-53(92-49(45)33-89-95)79-37-72-57-60(79)73-63(66)74-61(57)82/h3-6,11-14,17-24,35-37,46,48-49,52-53,68H,1-2,7-10,15-16,25-34,64H2,(H,67,80)(H,76,85)(H,84,97)(H2,65,69,70)(H3,66,73,74,82)/p+1. The van der Waals surface area contributed by atoms with Crippen molar-refractivity contribution in [3.8, 4) is 11.5 Å². The van der Waals surface area contributed by atoms with Crippen molar-refractivity contribution >= 4 is 131 Å². The number of H-pyrrole nitrogens is 1. The number of nitrogens with two attached hydrogens (primary N) is 2. The molecule has 0 spiro atoms. The van der Waals surface area contributed by atoms with E-state index in [9.17, 15) is 24.1 Å². The number of hydrogen-bond donors (Lipinski definition) is 8. The van der Waals surface area contributed by atoms with E-state index in [-0.39, 0.29) is 96.6 Å². The number of quaternary nitrogens is 1. The summed E-state index contributed by atoms with van der Waals surface area (Å²) in [5.41, 5.74) is 23.1. The lowest BCUT2D eigenvalue weighted by atomic mass is 9.95. The van der Waals surface area contributed by atoms with Gasteiger partial charge in [-0.3, -0.25) is 33.1 Å². The van der Waals surface area contributed by atoms with Crippen LogP contribution in [0.2, 0.25) is 0 Å². The number of nitrogens with one attached hydrogen (secondary N) is 4. The summed E-state index contributed by atoms with van der Waals surface area (Å²) in [6.45, 7) is -6.22. The summed E-state index contributed by atoms with van der Waals surface area (Å²) in [5, 5.41) is 9.82. The van der Waals surface area contributed by atoms with Crippen molar-refractivity contribution in [2.75, 3.05) is 55.9 Å². The highest BCUT2D eigenvalue weighted by atomic mass is 32.7. The second kappa shape index (κ2) is 32.0. The third-order valence-corrected chi connectivity index (χ3v) is 22.9. The number of fused-ring (bicyclic) bond motifs is 6. The monoisotopic (exact) mass is 1450 g/mol. The summed E-state index contributed by atoms with van der Waals surface area (Å²) in [6.07, 6.45) is 6.70. The molecule has 4 aromatic heterocycles. The van der Waals surface area contributed by atoms with Crippen LogP contribution in [0.5, 0.6) is 11.5 Å². The minimum absolute atomic E-state index is 0.00514. The van der Waals surface area contributed by atoms with Gasteiger partial charge in [0.2, 0.25) is 17.8 Å². The van der Waals surface area contributed by atoms with Crippen LogP contribution in [0.1, 0.15) is 109 Å². The second-order valence-corrected chi connectivity index (χ2v) is 31.4. The molecule has 2 amide bonds. The molecule has 8 heterocycles. The largest absolute Gasteiger partial charge is 0.492 e. The van der Waals surface area contributed by atoms with Crippen LogP contribution in [0, 0.1) is 0 Å². The maximum atomic E-state index is 15.4. The number of unbranched alkanes of at least 4 members (excludes halogenated alkanes) is 4. The summed E-state index contributed by atoms with van der Waals surface area (Å²) in [6, 6.07) is 28.4. The molecule has 8 aromatic rings. The number of amides is 2. The number of aromatic amines is 1. The molecule has 7 atom stereocenters. The number of nitrogens with zero attached hydrogens (tertiary/aromatic N) is 9. The molecular weight excluding hydrogens is 1380 g/mol. The van der Waals surface area contributed by atoms with Gasteiger partial charge in [-0.15, -0.1) is 0 Å². The van der Waals surface area contributed by atoms with Gasteiger partial charge in [0.15, 0.2) is 28.3 Å². The Balaban J connectivity index is 0.655. The van der Waals surface area contributed by atoms with Crippen molar-refractivity contribution in [3.63, 3.8) is 0 Å². The van der Waals surface area contributed by atoms with Crippen molar-refractivity contribution in [1.82, 2.24) is 54.8 Å². The molecule has 514 valence electrons. The third kappa shape index (κ3) is 17.1. The molecule has 2 fully saturated rings. The Labute approximate surface area is 577 Å². The Kier molecular flexibility index (Phi) is 22.9. The number of esters is 1. The molecule has 4 aromatic carbocycles. The predicted octanol–water partition coefficient (Wildman–Crippen LogP) is 7.78. The number of anilines is 3. The zero-order valence-electron chi connectivity index (χ0n) is 52.9. The van der Waals surface area contributed by atoms with Gasteiger partial charge in [-0.05, 0) is 120 Å². The van der Waals surface area contributed by atoms with Crippen molar-refractivity contribution in [1.29, 1.82) is 0 Å². The number of carbonyl (C=O) groups excluding carboxylic acids is 3. The van der Waals surface area contributed by atoms with Gasteiger partial charge in [0.05, 0.1) is 67.6 Å². The van der Waals surface area contributed by atoms with E-state index in [1.54, 1.807) is 53.1 Å². The number of benzene rings is 4. The normalized spacial score (nSPS) is 21.8. The van der Waals surface area contributed by atoms with Crippen molar-refractivity contribution < 1.29 is 62.1 Å². The third-order valence-electron chi connectivity index (χ3n) is 16.8. The first kappa shape index (κ1) is 70.1. The lowest BCUT2D eigenvalue weighted by Crippen LogP contribution is -2.49. The van der Waals surface area contributed by atoms with Gasteiger partial charge in [-0.1, -0.05) is 61.4 Å². The van der Waals surface area contributed by atoms with Gasteiger partial charge in [-0.2, -0.15) is 4.98 Å². The molecule has 98 heavy (non-hydrogen) atoms. The van der Waals surface area contributed by atoms with E-state index in [0.717, 1.165) is 70.8 Å². The number of aromatic nitrogens is 8. The van der Waals surface area contributed by atoms with Gasteiger partial charge < -0.3 is 70.1 Å². The highest BCUT2D eigenvalue weighted by Gasteiger charge is 2.45. The fourth-order valence-electron chi connectivity index (χ4n) is 11.9. The molecule has 35 heteroatoms. The average molecular weight is 1450 g/mol. The van der Waals surface area contributed by atoms with Gasteiger partial charge in [0, 0.05) is 56.1 Å². The lowest BCUT2D eigenvalue weighted by Gasteiger charge is -2.29. The van der Waals surface area contributed by atoms with Gasteiger partial charge >= 0.3 is 19.3 Å². The number of ether oxygens (including phenoxy) is 4. The first-order valence-corrected chi connectivity index (χ1v) is 39.4. The Morgan fingerprint density at radius 3 is 2.38 bits per heavy atom. The molecular formula is C63H72N16O13P3S3+. The number of hydrogen-bond acceptors (Lipinski definition) is 23. The molecule has 29 nitrogen and oxygen atoms in total. The van der Waals surface area contributed by atoms with E-state index in [1.807, 2.05) is 53.4 Å². The summed E-state index contributed by atoms with van der Waals surface area (Å²) in [4.78, 5) is 89.9. The summed E-state index contributed by atoms with van der Waals surface area (Å²) in [7, 11) is 0.530. The van der Waals surface area contributed by atoms with Crippen LogP contribution in [0.4, 0.5) is 17.5 Å². The fourth-order valence-corrected chi connectivity index (χ4v) is 17.4. The van der Waals surface area contributed by atoms with Crippen LogP contribution < -0.4 is 52.9 Å². The lowest BCUT2D eigenvalue weighted by molar-refractivity contribution is -0.243. The first-order valence-electron chi connectivity index (χ1n) is 31.7. The first-order chi connectivity index (χ1) is 47.5. The average Bonchev–Trinajstić information content (AvgIpc) is 1.59. The van der Waals surface area contributed by atoms with Gasteiger partial charge in [0.25, 0.3) is 5.56 Å². The van der Waals surface area contributed by atoms with Crippen LogP contribution in [0.25, 0.3) is 33.7 Å². The predicted molar refractivity (Wildman–Crippen MR) is 376 cm³/mol. The van der Waals surface area contributed by atoms with Crippen molar-refractivity contribution in [2.45, 2.75) is 107 Å². The molecule has 4 aliphatic heterocycles. The van der Waals surface area contributed by atoms with E-state index >= 15 is 4.57 Å². The zero-order chi connectivity index (χ0) is 68.3. The van der Waals surface area contributed by atoms with E-state index in [0.29, 0.717) is 75.6 Å². The Hall–Kier alpha value is -7.77. The van der Waals surface area contributed by atoms with E-state index in [4.69, 9.17) is 67.6 Å². The van der Waals surface area contributed by atoms with Gasteiger partial charge in [-0.25, -0.2) is 34.6 Å². The molecule has 7 unspecified atom stereocenters. The van der Waals surface area contributed by atoms with E-state index < -0.39 is 55.6 Å². The van der Waals surface area contributed by atoms with Crippen LogP contribution >= 0.6 is 32.3 Å². The fraction of sp³-hybridized carbons (Fsp3) is 0.365. The van der Waals surface area contributed by atoms with Crippen LogP contribution in [-0.2, 0) is 73.1 Å². The Morgan fingerprint density at radius 1 is 0.816 bits per heavy atom. The second-order valence-electron chi connectivity index (χ2n) is 23.4.